The number of aromatic nitrogens is 4. The van der Waals surface area contributed by atoms with Crippen molar-refractivity contribution in [2.45, 2.75) is 83.3 Å². The largest absolute Gasteiger partial charge is 0.349 e. The van der Waals surface area contributed by atoms with E-state index < -0.39 is 0 Å². The average Bonchev–Trinajstić information content (AvgIpc) is 3.69. The van der Waals surface area contributed by atoms with Crippen LogP contribution < -0.4 is 4.90 Å². The van der Waals surface area contributed by atoms with Gasteiger partial charge >= 0.3 is 0 Å². The zero-order chi connectivity index (χ0) is 33.7. The molecule has 256 valence electrons. The number of halogens is 2. The van der Waals surface area contributed by atoms with Gasteiger partial charge in [-0.05, 0) is 83.9 Å². The lowest BCUT2D eigenvalue weighted by Crippen LogP contribution is -2.69. The van der Waals surface area contributed by atoms with Crippen LogP contribution >= 0.6 is 23.2 Å². The number of rotatable bonds is 6. The maximum Gasteiger partial charge on any atom is 0.245 e. The first kappa shape index (κ1) is 32.1. The highest BCUT2D eigenvalue weighted by Crippen LogP contribution is 2.56. The number of anilines is 1. The van der Waals surface area contributed by atoms with Crippen molar-refractivity contribution in [2.75, 3.05) is 50.7 Å². The normalized spacial score (nSPS) is 24.6. The fourth-order valence-electron chi connectivity index (χ4n) is 9.95. The smallest absolute Gasteiger partial charge is 0.245 e. The number of carbonyl (C=O) groups is 2. The molecule has 12 heteroatoms. The molecule has 1 atom stereocenters. The number of aromatic amines is 1. The van der Waals surface area contributed by atoms with Gasteiger partial charge in [-0.15, -0.1) is 0 Å². The van der Waals surface area contributed by atoms with Gasteiger partial charge in [-0.25, -0.2) is 0 Å². The highest BCUT2D eigenvalue weighted by atomic mass is 35.5. The molecule has 3 aromatic rings. The van der Waals surface area contributed by atoms with Gasteiger partial charge in [0.2, 0.25) is 11.8 Å². The molecule has 1 saturated carbocycles. The first-order chi connectivity index (χ1) is 22.8. The van der Waals surface area contributed by atoms with Gasteiger partial charge in [0.05, 0.1) is 33.3 Å². The third-order valence-corrected chi connectivity index (χ3v) is 13.2. The highest BCUT2D eigenvalue weighted by molar-refractivity contribution is 6.45. The number of hydrogen-bond acceptors (Lipinski definition) is 6. The molecule has 4 saturated heterocycles. The molecule has 0 unspecified atom stereocenters. The summed E-state index contributed by atoms with van der Waals surface area (Å²) in [6, 6.07) is 2.09. The second-order valence-electron chi connectivity index (χ2n) is 16.0. The standard InChI is InChI=1S/C36H46Cl2N8O2/c1-6-29(48)43-18-35(19-43)14-25(15-35)46-22(2)30(31-26-16-39-40-28(26)12-27(37)32(31)38)33(41-46)45-11-8-24(13-34(45,4)5)17-44-10-7-9-36(44)20-42(21-36)23(3)47/h6,12,16,24-25H,1,7-11,13-15,17-21H2,2-5H3,(H,39,40)/t24-/m1/s1. The maximum absolute atomic E-state index is 12.2. The van der Waals surface area contributed by atoms with Crippen molar-refractivity contribution in [2.24, 2.45) is 11.3 Å². The van der Waals surface area contributed by atoms with Gasteiger partial charge in [0, 0.05) is 79.4 Å². The predicted molar refractivity (Wildman–Crippen MR) is 189 cm³/mol. The van der Waals surface area contributed by atoms with Crippen molar-refractivity contribution < 1.29 is 9.59 Å². The van der Waals surface area contributed by atoms with Gasteiger partial charge < -0.3 is 14.7 Å². The van der Waals surface area contributed by atoms with Crippen molar-refractivity contribution in [3.63, 3.8) is 0 Å². The lowest BCUT2D eigenvalue weighted by Gasteiger charge is -2.58. The van der Waals surface area contributed by atoms with E-state index >= 15 is 0 Å². The number of amides is 2. The Bertz CT molecular complexity index is 1810. The minimum absolute atomic E-state index is 0.0138. The average molecular weight is 694 g/mol. The van der Waals surface area contributed by atoms with E-state index in [0.717, 1.165) is 105 Å². The van der Waals surface area contributed by atoms with E-state index in [0.29, 0.717) is 16.0 Å². The number of carbonyl (C=O) groups excluding carboxylic acids is 2. The number of nitrogens with one attached hydrogen (secondary N) is 1. The summed E-state index contributed by atoms with van der Waals surface area (Å²) in [6.07, 6.45) is 9.74. The summed E-state index contributed by atoms with van der Waals surface area (Å²) < 4.78 is 2.23. The van der Waals surface area contributed by atoms with Crippen LogP contribution in [0.1, 0.15) is 71.0 Å². The quantitative estimate of drug-likeness (QED) is 0.315. The van der Waals surface area contributed by atoms with Crippen LogP contribution in [0.2, 0.25) is 10.0 Å². The van der Waals surface area contributed by atoms with E-state index in [9.17, 15) is 9.59 Å². The fraction of sp³-hybridized carbons (Fsp3) is 0.611. The molecule has 4 aliphatic heterocycles. The number of fused-ring (bicyclic) bond motifs is 1. The Labute approximate surface area is 292 Å². The van der Waals surface area contributed by atoms with Gasteiger partial charge in [-0.1, -0.05) is 29.8 Å². The zero-order valence-electron chi connectivity index (χ0n) is 28.5. The number of piperidine rings is 1. The van der Waals surface area contributed by atoms with E-state index in [2.05, 4.69) is 52.0 Å². The Morgan fingerprint density at radius 3 is 2.52 bits per heavy atom. The van der Waals surface area contributed by atoms with Crippen molar-refractivity contribution in [3.05, 3.63) is 40.7 Å². The van der Waals surface area contributed by atoms with Crippen LogP contribution in [0.15, 0.2) is 24.9 Å². The molecule has 8 rings (SSSR count). The number of hydrogen-bond donors (Lipinski definition) is 1. The van der Waals surface area contributed by atoms with Crippen LogP contribution in [0.3, 0.4) is 0 Å². The molecular formula is C36H46Cl2N8O2. The summed E-state index contributed by atoms with van der Waals surface area (Å²) in [6.45, 7) is 18.6. The van der Waals surface area contributed by atoms with Crippen molar-refractivity contribution >= 4 is 51.7 Å². The predicted octanol–water partition coefficient (Wildman–Crippen LogP) is 6.08. The van der Waals surface area contributed by atoms with Crippen LogP contribution in [0.25, 0.3) is 22.0 Å². The van der Waals surface area contributed by atoms with Crippen LogP contribution in [0, 0.1) is 18.3 Å². The molecule has 0 bridgehead atoms. The minimum Gasteiger partial charge on any atom is -0.349 e. The Hall–Kier alpha value is -3.08. The van der Waals surface area contributed by atoms with Gasteiger partial charge in [-0.3, -0.25) is 24.3 Å². The SMILES string of the molecule is C=CC(=O)N1CC2(CC(n3nc(N4CC[C@@H](CN5CCCC56CN(C(C)=O)C6)CC4(C)C)c(-c4c(Cl)c(Cl)cc5[nH]ncc45)c3C)C2)C1. The summed E-state index contributed by atoms with van der Waals surface area (Å²) >= 11 is 13.8. The molecule has 5 aliphatic rings. The highest BCUT2D eigenvalue weighted by Gasteiger charge is 2.55. The van der Waals surface area contributed by atoms with Gasteiger partial charge in [-0.2, -0.15) is 10.2 Å². The first-order valence-electron chi connectivity index (χ1n) is 17.4. The maximum atomic E-state index is 12.2. The van der Waals surface area contributed by atoms with Crippen LogP contribution in [-0.4, -0.2) is 103 Å². The summed E-state index contributed by atoms with van der Waals surface area (Å²) in [5.74, 6) is 1.72. The number of benzene rings is 1. The van der Waals surface area contributed by atoms with Crippen molar-refractivity contribution in [3.8, 4) is 11.1 Å². The monoisotopic (exact) mass is 692 g/mol. The number of nitrogens with zero attached hydrogens (tertiary/aromatic N) is 7. The van der Waals surface area contributed by atoms with E-state index in [1.54, 1.807) is 6.92 Å². The molecule has 5 fully saturated rings. The zero-order valence-corrected chi connectivity index (χ0v) is 30.0. The Morgan fingerprint density at radius 2 is 1.83 bits per heavy atom. The van der Waals surface area contributed by atoms with Crippen LogP contribution in [0.4, 0.5) is 5.82 Å². The molecule has 0 radical (unpaired) electrons. The van der Waals surface area contributed by atoms with Gasteiger partial charge in [0.1, 0.15) is 0 Å². The summed E-state index contributed by atoms with van der Waals surface area (Å²) in [4.78, 5) is 33.2. The molecule has 6 heterocycles. The van der Waals surface area contributed by atoms with Crippen LogP contribution in [0.5, 0.6) is 0 Å². The first-order valence-corrected chi connectivity index (χ1v) is 18.2. The molecule has 2 aromatic heterocycles. The molecule has 1 aliphatic carbocycles. The summed E-state index contributed by atoms with van der Waals surface area (Å²) in [5.41, 5.74) is 4.01. The van der Waals surface area contributed by atoms with Gasteiger partial charge in [0.25, 0.3) is 0 Å². The van der Waals surface area contributed by atoms with E-state index in [1.165, 1.54) is 18.9 Å². The minimum atomic E-state index is -0.151. The lowest BCUT2D eigenvalue weighted by atomic mass is 9.60. The third kappa shape index (κ3) is 4.91. The fourth-order valence-corrected chi connectivity index (χ4v) is 10.4. The molecule has 2 spiro atoms. The summed E-state index contributed by atoms with van der Waals surface area (Å²) in [5, 5.41) is 14.8. The number of likely N-dealkylation sites (tertiary alicyclic amines) is 3. The topological polar surface area (TPSA) is 93.6 Å². The Morgan fingerprint density at radius 1 is 1.08 bits per heavy atom. The molecule has 10 nitrogen and oxygen atoms in total. The molecule has 2 amide bonds. The van der Waals surface area contributed by atoms with E-state index in [1.807, 2.05) is 22.1 Å². The molecular weight excluding hydrogens is 647 g/mol. The van der Waals surface area contributed by atoms with E-state index in [-0.39, 0.29) is 34.3 Å². The Kier molecular flexibility index (Phi) is 7.51. The van der Waals surface area contributed by atoms with E-state index in [4.69, 9.17) is 28.3 Å². The second kappa shape index (κ2) is 11.2. The summed E-state index contributed by atoms with van der Waals surface area (Å²) in [7, 11) is 0. The molecule has 1 aromatic carbocycles. The van der Waals surface area contributed by atoms with Crippen LogP contribution in [-0.2, 0) is 9.59 Å². The van der Waals surface area contributed by atoms with Gasteiger partial charge in [0.15, 0.2) is 5.82 Å². The second-order valence-corrected chi connectivity index (χ2v) is 16.8. The Balaban J connectivity index is 1.09. The third-order valence-electron chi connectivity index (χ3n) is 12.4. The lowest BCUT2D eigenvalue weighted by molar-refractivity contribution is -0.149. The van der Waals surface area contributed by atoms with Crippen molar-refractivity contribution in [1.29, 1.82) is 0 Å². The van der Waals surface area contributed by atoms with Crippen molar-refractivity contribution in [1.82, 2.24) is 34.7 Å². The molecule has 48 heavy (non-hydrogen) atoms. The molecule has 1 N–H and O–H groups in total. The number of H-pyrrole nitrogens is 1.